The third kappa shape index (κ3) is 2.97. The van der Waals surface area contributed by atoms with Gasteiger partial charge in [0.15, 0.2) is 0 Å². The fourth-order valence-corrected chi connectivity index (χ4v) is 1.81. The molecule has 0 radical (unpaired) electrons. The van der Waals surface area contributed by atoms with Gasteiger partial charge in [-0.15, -0.1) is 10.2 Å². The van der Waals surface area contributed by atoms with Gasteiger partial charge in [-0.2, -0.15) is 0 Å². The Morgan fingerprint density at radius 3 is 2.61 bits per heavy atom. The number of nitrogens with zero attached hydrogens (tertiary/aromatic N) is 2. The molecule has 1 unspecified atom stereocenters. The van der Waals surface area contributed by atoms with E-state index in [0.29, 0.717) is 23.0 Å². The number of halogens is 1. The average Bonchev–Trinajstić information content (AvgIpc) is 2.41. The van der Waals surface area contributed by atoms with E-state index in [0.717, 1.165) is 5.56 Å². The van der Waals surface area contributed by atoms with Gasteiger partial charge in [0.1, 0.15) is 6.10 Å². The molecular formula is C13H13ClN2O2. The van der Waals surface area contributed by atoms with Crippen molar-refractivity contribution in [3.8, 4) is 5.88 Å². The van der Waals surface area contributed by atoms with Crippen LogP contribution in [-0.2, 0) is 6.42 Å². The predicted octanol–water partition coefficient (Wildman–Crippen LogP) is 2.41. The summed E-state index contributed by atoms with van der Waals surface area (Å²) in [4.78, 5) is 0. The van der Waals surface area contributed by atoms with E-state index in [1.165, 1.54) is 7.11 Å². The predicted molar refractivity (Wildman–Crippen MR) is 68.7 cm³/mol. The van der Waals surface area contributed by atoms with Gasteiger partial charge in [-0.1, -0.05) is 29.8 Å². The van der Waals surface area contributed by atoms with Crippen LogP contribution in [0.1, 0.15) is 17.4 Å². The van der Waals surface area contributed by atoms with Gasteiger partial charge in [-0.05, 0) is 17.7 Å². The topological polar surface area (TPSA) is 55.2 Å². The summed E-state index contributed by atoms with van der Waals surface area (Å²) in [7, 11) is 1.52. The van der Waals surface area contributed by atoms with Crippen LogP contribution in [0.3, 0.4) is 0 Å². The van der Waals surface area contributed by atoms with E-state index in [1.807, 2.05) is 18.2 Å². The molecule has 0 aliphatic heterocycles. The first-order chi connectivity index (χ1) is 8.70. The molecule has 1 atom stereocenters. The fourth-order valence-electron chi connectivity index (χ4n) is 1.59. The van der Waals surface area contributed by atoms with Crippen molar-refractivity contribution in [3.05, 3.63) is 52.7 Å². The summed E-state index contributed by atoms with van der Waals surface area (Å²) in [6.45, 7) is 0. The van der Waals surface area contributed by atoms with Gasteiger partial charge in [0, 0.05) is 17.5 Å². The maximum Gasteiger partial charge on any atom is 0.233 e. The Morgan fingerprint density at radius 2 is 2.00 bits per heavy atom. The van der Waals surface area contributed by atoms with E-state index < -0.39 is 6.10 Å². The molecule has 94 valence electrons. The highest BCUT2D eigenvalue weighted by atomic mass is 35.5. The number of hydrogen-bond acceptors (Lipinski definition) is 4. The molecule has 18 heavy (non-hydrogen) atoms. The lowest BCUT2D eigenvalue weighted by Gasteiger charge is -2.10. The van der Waals surface area contributed by atoms with Gasteiger partial charge in [0.05, 0.1) is 12.8 Å². The summed E-state index contributed by atoms with van der Waals surface area (Å²) >= 11 is 6.04. The molecule has 0 fully saturated rings. The molecule has 0 spiro atoms. The lowest BCUT2D eigenvalue weighted by Crippen LogP contribution is -2.06. The van der Waals surface area contributed by atoms with Crippen molar-refractivity contribution in [2.24, 2.45) is 0 Å². The molecule has 0 aliphatic carbocycles. The molecule has 0 aliphatic rings. The Hall–Kier alpha value is -1.65. The molecule has 5 heteroatoms. The van der Waals surface area contributed by atoms with E-state index in [-0.39, 0.29) is 0 Å². The highest BCUT2D eigenvalue weighted by Gasteiger charge is 2.12. The number of benzene rings is 1. The van der Waals surface area contributed by atoms with Crippen LogP contribution in [0.2, 0.25) is 5.02 Å². The van der Waals surface area contributed by atoms with Crippen molar-refractivity contribution < 1.29 is 9.84 Å². The Balaban J connectivity index is 2.11. The van der Waals surface area contributed by atoms with Crippen LogP contribution in [0.15, 0.2) is 36.4 Å². The van der Waals surface area contributed by atoms with Gasteiger partial charge < -0.3 is 9.84 Å². The Labute approximate surface area is 110 Å². The van der Waals surface area contributed by atoms with Crippen LogP contribution < -0.4 is 4.74 Å². The van der Waals surface area contributed by atoms with Gasteiger partial charge in [0.2, 0.25) is 5.88 Å². The smallest absolute Gasteiger partial charge is 0.233 e. The standard InChI is InChI=1S/C13H13ClN2O2/c1-18-13-7-6-11(15-16-13)12(17)8-9-4-2-3-5-10(9)14/h2-7,12,17H,8H2,1H3. The largest absolute Gasteiger partial charge is 0.480 e. The summed E-state index contributed by atoms with van der Waals surface area (Å²) < 4.78 is 4.91. The van der Waals surface area contributed by atoms with Crippen molar-refractivity contribution in [2.45, 2.75) is 12.5 Å². The van der Waals surface area contributed by atoms with Gasteiger partial charge in [-0.25, -0.2) is 0 Å². The minimum Gasteiger partial charge on any atom is -0.480 e. The maximum atomic E-state index is 10.1. The third-order valence-electron chi connectivity index (χ3n) is 2.58. The molecule has 2 rings (SSSR count). The molecule has 1 aromatic heterocycles. The monoisotopic (exact) mass is 264 g/mol. The molecule has 2 aromatic rings. The van der Waals surface area contributed by atoms with Crippen molar-refractivity contribution in [3.63, 3.8) is 0 Å². The second-order valence-electron chi connectivity index (χ2n) is 3.81. The number of methoxy groups -OCH3 is 1. The van der Waals surface area contributed by atoms with Gasteiger partial charge in [-0.3, -0.25) is 0 Å². The maximum absolute atomic E-state index is 10.1. The van der Waals surface area contributed by atoms with Crippen LogP contribution in [-0.4, -0.2) is 22.4 Å². The Kier molecular flexibility index (Phi) is 4.12. The summed E-state index contributed by atoms with van der Waals surface area (Å²) in [5.41, 5.74) is 1.38. The summed E-state index contributed by atoms with van der Waals surface area (Å²) in [5, 5.41) is 18.4. The van der Waals surface area contributed by atoms with Gasteiger partial charge >= 0.3 is 0 Å². The number of aromatic nitrogens is 2. The zero-order valence-corrected chi connectivity index (χ0v) is 10.6. The van der Waals surface area contributed by atoms with Crippen LogP contribution in [0.25, 0.3) is 0 Å². The first-order valence-electron chi connectivity index (χ1n) is 5.50. The van der Waals surface area contributed by atoms with Gasteiger partial charge in [0.25, 0.3) is 0 Å². The van der Waals surface area contributed by atoms with Crippen LogP contribution >= 0.6 is 11.6 Å². The van der Waals surface area contributed by atoms with Crippen molar-refractivity contribution in [1.29, 1.82) is 0 Å². The van der Waals surface area contributed by atoms with Crippen molar-refractivity contribution in [1.82, 2.24) is 10.2 Å². The Morgan fingerprint density at radius 1 is 1.22 bits per heavy atom. The molecule has 0 saturated carbocycles. The summed E-state index contributed by atoms with van der Waals surface area (Å²) in [5.74, 6) is 0.420. The highest BCUT2D eigenvalue weighted by Crippen LogP contribution is 2.22. The molecular weight excluding hydrogens is 252 g/mol. The number of rotatable bonds is 4. The first-order valence-corrected chi connectivity index (χ1v) is 5.87. The first kappa shape index (κ1) is 12.8. The molecule has 1 aromatic carbocycles. The summed E-state index contributed by atoms with van der Waals surface area (Å²) in [6, 6.07) is 10.8. The quantitative estimate of drug-likeness (QED) is 0.921. The fraction of sp³-hybridized carbons (Fsp3) is 0.231. The number of hydrogen-bond donors (Lipinski definition) is 1. The summed E-state index contributed by atoms with van der Waals surface area (Å²) in [6.07, 6.45) is -0.330. The Bertz CT molecular complexity index is 517. The van der Waals surface area contributed by atoms with Crippen LogP contribution in [0.5, 0.6) is 5.88 Å². The molecule has 0 saturated heterocycles. The molecule has 1 heterocycles. The second-order valence-corrected chi connectivity index (χ2v) is 4.22. The lowest BCUT2D eigenvalue weighted by atomic mass is 10.1. The van der Waals surface area contributed by atoms with E-state index in [4.69, 9.17) is 16.3 Å². The molecule has 0 bridgehead atoms. The van der Waals surface area contributed by atoms with Crippen LogP contribution in [0.4, 0.5) is 0 Å². The molecule has 0 amide bonds. The zero-order valence-electron chi connectivity index (χ0n) is 9.88. The van der Waals surface area contributed by atoms with Crippen molar-refractivity contribution >= 4 is 11.6 Å². The van der Waals surface area contributed by atoms with Crippen molar-refractivity contribution in [2.75, 3.05) is 7.11 Å². The molecule has 1 N–H and O–H groups in total. The highest BCUT2D eigenvalue weighted by molar-refractivity contribution is 6.31. The van der Waals surface area contributed by atoms with E-state index >= 15 is 0 Å². The zero-order chi connectivity index (χ0) is 13.0. The van der Waals surface area contributed by atoms with Crippen LogP contribution in [0, 0.1) is 0 Å². The number of ether oxygens (including phenoxy) is 1. The van der Waals surface area contributed by atoms with E-state index in [2.05, 4.69) is 10.2 Å². The van der Waals surface area contributed by atoms with E-state index in [1.54, 1.807) is 18.2 Å². The van der Waals surface area contributed by atoms with E-state index in [9.17, 15) is 5.11 Å². The third-order valence-corrected chi connectivity index (χ3v) is 2.95. The normalized spacial score (nSPS) is 12.2. The second kappa shape index (κ2) is 5.80. The number of aliphatic hydroxyl groups is 1. The lowest BCUT2D eigenvalue weighted by molar-refractivity contribution is 0.172. The minimum absolute atomic E-state index is 0.403. The average molecular weight is 265 g/mol. The SMILES string of the molecule is COc1ccc(C(O)Cc2ccccc2Cl)nn1. The molecule has 4 nitrogen and oxygen atoms in total. The number of aliphatic hydroxyl groups excluding tert-OH is 1. The minimum atomic E-state index is -0.733.